The van der Waals surface area contributed by atoms with E-state index in [-0.39, 0.29) is 17.1 Å². The molecule has 28 heavy (non-hydrogen) atoms. The van der Waals surface area contributed by atoms with Crippen LogP contribution < -0.4 is 15.1 Å². The van der Waals surface area contributed by atoms with Crippen LogP contribution >= 0.6 is 0 Å². The number of nitrogens with two attached hydrogens (primary N) is 1. The molecule has 0 spiro atoms. The summed E-state index contributed by atoms with van der Waals surface area (Å²) in [6.45, 7) is 4.91. The van der Waals surface area contributed by atoms with Gasteiger partial charge in [-0.1, -0.05) is 0 Å². The number of aliphatic hydroxyl groups is 1. The van der Waals surface area contributed by atoms with Crippen LogP contribution in [-0.4, -0.2) is 65.6 Å². The SMILES string of the molecule is Cc1ccn2nc([C@H](C)[AsH]c3ncnc(N)c3C#N)nc(N(C)CCCO)c12. The van der Waals surface area contributed by atoms with Crippen LogP contribution in [-0.2, 0) is 0 Å². The molecule has 9 nitrogen and oxygen atoms in total. The van der Waals surface area contributed by atoms with Crippen molar-refractivity contribution >= 4 is 37.4 Å². The first-order valence-electron chi connectivity index (χ1n) is 8.91. The van der Waals surface area contributed by atoms with E-state index in [1.54, 1.807) is 0 Å². The Bertz CT molecular complexity index is 1030. The Kier molecular flexibility index (Phi) is 6.12. The van der Waals surface area contributed by atoms with Crippen LogP contribution in [0.1, 0.15) is 35.0 Å². The number of hydrogen-bond donors (Lipinski definition) is 2. The summed E-state index contributed by atoms with van der Waals surface area (Å²) in [5.74, 6) is 1.75. The number of aromatic nitrogens is 5. The van der Waals surface area contributed by atoms with Gasteiger partial charge >= 0.3 is 170 Å². The summed E-state index contributed by atoms with van der Waals surface area (Å²) in [5.41, 5.74) is 8.22. The molecule has 0 bridgehead atoms. The minimum absolute atomic E-state index is 0.0403. The predicted molar refractivity (Wildman–Crippen MR) is 109 cm³/mol. The molecule has 0 aromatic carbocycles. The van der Waals surface area contributed by atoms with Gasteiger partial charge in [-0.3, -0.25) is 0 Å². The third-order valence-corrected chi connectivity index (χ3v) is 7.27. The summed E-state index contributed by atoms with van der Waals surface area (Å²) < 4.78 is 2.61. The van der Waals surface area contributed by atoms with Crippen molar-refractivity contribution in [3.05, 3.63) is 35.5 Å². The number of rotatable bonds is 7. The van der Waals surface area contributed by atoms with E-state index in [1.807, 2.05) is 35.6 Å². The van der Waals surface area contributed by atoms with Gasteiger partial charge in [0.2, 0.25) is 0 Å². The fourth-order valence-corrected chi connectivity index (χ4v) is 5.28. The Balaban J connectivity index is 1.99. The molecule has 0 radical (unpaired) electrons. The van der Waals surface area contributed by atoms with E-state index in [2.05, 4.69) is 23.0 Å². The molecule has 1 unspecified atom stereocenters. The molecule has 2 atom stereocenters. The quantitative estimate of drug-likeness (QED) is 0.487. The van der Waals surface area contributed by atoms with Crippen LogP contribution in [0.5, 0.6) is 0 Å². The van der Waals surface area contributed by atoms with E-state index in [4.69, 9.17) is 20.9 Å². The molecule has 0 fully saturated rings. The van der Waals surface area contributed by atoms with E-state index >= 15 is 0 Å². The van der Waals surface area contributed by atoms with Gasteiger partial charge in [-0.05, 0) is 0 Å². The van der Waals surface area contributed by atoms with Gasteiger partial charge in [0.25, 0.3) is 0 Å². The van der Waals surface area contributed by atoms with Crippen molar-refractivity contribution in [1.82, 2.24) is 24.6 Å². The van der Waals surface area contributed by atoms with Crippen LogP contribution in [0.4, 0.5) is 11.6 Å². The van der Waals surface area contributed by atoms with Crippen LogP contribution in [0.15, 0.2) is 18.6 Å². The first kappa shape index (κ1) is 20.1. The summed E-state index contributed by atoms with van der Waals surface area (Å²) in [5, 5.41) is 23.2. The second kappa shape index (κ2) is 8.55. The van der Waals surface area contributed by atoms with Gasteiger partial charge in [-0.15, -0.1) is 0 Å². The monoisotopic (exact) mass is 442 g/mol. The maximum absolute atomic E-state index is 9.37. The number of anilines is 2. The van der Waals surface area contributed by atoms with Gasteiger partial charge in [0.15, 0.2) is 0 Å². The van der Waals surface area contributed by atoms with Gasteiger partial charge in [0.05, 0.1) is 0 Å². The number of nitriles is 1. The topological polar surface area (TPSA) is 129 Å². The Hall–Kier alpha value is -2.69. The zero-order chi connectivity index (χ0) is 20.3. The Morgan fingerprint density at radius 3 is 2.93 bits per heavy atom. The van der Waals surface area contributed by atoms with E-state index in [0.29, 0.717) is 28.8 Å². The van der Waals surface area contributed by atoms with Gasteiger partial charge in [-0.2, -0.15) is 0 Å². The van der Waals surface area contributed by atoms with Crippen molar-refractivity contribution in [2.24, 2.45) is 0 Å². The van der Waals surface area contributed by atoms with Gasteiger partial charge in [-0.25, -0.2) is 0 Å². The van der Waals surface area contributed by atoms with Crippen LogP contribution in [0, 0.1) is 18.3 Å². The first-order valence-corrected chi connectivity index (χ1v) is 11.2. The molecule has 0 aliphatic rings. The second-order valence-corrected chi connectivity index (χ2v) is 9.96. The summed E-state index contributed by atoms with van der Waals surface area (Å²) in [6, 6.07) is 4.12. The Labute approximate surface area is 169 Å². The molecule has 0 saturated carbocycles. The zero-order valence-electron chi connectivity index (χ0n) is 16.1. The maximum atomic E-state index is 9.37. The minimum atomic E-state index is -0.864. The number of hydrogen-bond acceptors (Lipinski definition) is 8. The molecule has 3 heterocycles. The Morgan fingerprint density at radius 2 is 2.21 bits per heavy atom. The molecule has 0 amide bonds. The summed E-state index contributed by atoms with van der Waals surface area (Å²) in [7, 11) is 1.97. The van der Waals surface area contributed by atoms with Crippen molar-refractivity contribution in [2.75, 3.05) is 30.8 Å². The van der Waals surface area contributed by atoms with E-state index in [9.17, 15) is 5.26 Å². The number of nitrogen functional groups attached to an aromatic ring is 1. The zero-order valence-corrected chi connectivity index (χ0v) is 18.2. The van der Waals surface area contributed by atoms with Gasteiger partial charge in [0, 0.05) is 0 Å². The van der Waals surface area contributed by atoms with Crippen molar-refractivity contribution in [2.45, 2.75) is 25.0 Å². The molecule has 0 aliphatic heterocycles. The molecular formula is C18H23AsN8O. The summed E-state index contributed by atoms with van der Waals surface area (Å²) >= 11 is -0.864. The molecule has 3 aromatic heterocycles. The number of aryl methyl sites for hydroxylation is 1. The number of fused-ring (bicyclic) bond motifs is 1. The van der Waals surface area contributed by atoms with E-state index < -0.39 is 15.8 Å². The number of nitrogens with zero attached hydrogens (tertiary/aromatic N) is 7. The van der Waals surface area contributed by atoms with Crippen molar-refractivity contribution in [3.63, 3.8) is 0 Å². The molecule has 3 rings (SSSR count). The van der Waals surface area contributed by atoms with Crippen molar-refractivity contribution in [3.8, 4) is 6.07 Å². The summed E-state index contributed by atoms with van der Waals surface area (Å²) in [4.78, 5) is 15.1. The fourth-order valence-electron chi connectivity index (χ4n) is 2.92. The van der Waals surface area contributed by atoms with Crippen molar-refractivity contribution in [1.29, 1.82) is 5.26 Å². The van der Waals surface area contributed by atoms with E-state index in [0.717, 1.165) is 16.9 Å². The third kappa shape index (κ3) is 3.93. The molecule has 10 heteroatoms. The average Bonchev–Trinajstić information content (AvgIpc) is 3.06. The summed E-state index contributed by atoms with van der Waals surface area (Å²) in [6.07, 6.45) is 3.99. The van der Waals surface area contributed by atoms with Crippen LogP contribution in [0.3, 0.4) is 0 Å². The predicted octanol–water partition coefficient (Wildman–Crippen LogP) is -0.0768. The Morgan fingerprint density at radius 1 is 1.43 bits per heavy atom. The molecule has 0 saturated heterocycles. The van der Waals surface area contributed by atoms with Crippen LogP contribution in [0.2, 0.25) is 0 Å². The standard InChI is InChI=1S/C18H23AsN8O/c1-11-5-7-27-14(11)18(26(3)6-4-8-28)24-17(25-27)12(2)19-15-13(9-20)16(21)23-10-22-15/h5,7,10,12,19,28H,4,6,8H2,1-3H3,(H2,21,22,23)/t12-/m0/s1. The number of aliphatic hydroxyl groups excluding tert-OH is 1. The van der Waals surface area contributed by atoms with Crippen LogP contribution in [0.25, 0.3) is 5.52 Å². The molecule has 146 valence electrons. The molecular weight excluding hydrogens is 419 g/mol. The normalized spacial score (nSPS) is 12.5. The molecule has 3 N–H and O–H groups in total. The molecule has 0 aliphatic carbocycles. The van der Waals surface area contributed by atoms with E-state index in [1.165, 1.54) is 6.33 Å². The molecule has 3 aromatic rings. The first-order chi connectivity index (χ1) is 13.5. The second-order valence-electron chi connectivity index (χ2n) is 6.54. The third-order valence-electron chi connectivity index (χ3n) is 4.45. The van der Waals surface area contributed by atoms with Gasteiger partial charge < -0.3 is 0 Å². The fraction of sp³-hybridized carbons (Fsp3) is 0.389. The van der Waals surface area contributed by atoms with Crippen molar-refractivity contribution < 1.29 is 5.11 Å². The average molecular weight is 442 g/mol. The van der Waals surface area contributed by atoms with Gasteiger partial charge in [0.1, 0.15) is 0 Å².